The van der Waals surface area contributed by atoms with Gasteiger partial charge in [0, 0.05) is 17.8 Å². The number of nitrogens with zero attached hydrogens (tertiary/aromatic N) is 2. The van der Waals surface area contributed by atoms with E-state index < -0.39 is 15.9 Å². The van der Waals surface area contributed by atoms with Crippen LogP contribution in [0, 0.1) is 0 Å². The van der Waals surface area contributed by atoms with Gasteiger partial charge in [-0.2, -0.15) is 0 Å². The number of carbonyl (C=O) groups excluding carboxylic acids is 1. The van der Waals surface area contributed by atoms with E-state index in [-0.39, 0.29) is 23.7 Å². The molecule has 2 aliphatic heterocycles. The van der Waals surface area contributed by atoms with Crippen LogP contribution in [-0.2, 0) is 14.8 Å². The molecule has 10 heteroatoms. The van der Waals surface area contributed by atoms with Crippen molar-refractivity contribution >= 4 is 39.1 Å². The zero-order valence-corrected chi connectivity index (χ0v) is 18.0. The lowest BCUT2D eigenvalue weighted by atomic mass is 10.1. The average Bonchev–Trinajstić information content (AvgIpc) is 2.75. The molecule has 2 aromatic rings. The first kappa shape index (κ1) is 21.0. The van der Waals surface area contributed by atoms with Crippen LogP contribution in [0.2, 0.25) is 5.02 Å². The summed E-state index contributed by atoms with van der Waals surface area (Å²) in [6, 6.07) is 11.8. The summed E-state index contributed by atoms with van der Waals surface area (Å²) in [6.07, 6.45) is 4.86. The molecule has 0 fully saturated rings. The van der Waals surface area contributed by atoms with E-state index in [0.717, 1.165) is 0 Å². The van der Waals surface area contributed by atoms with Crippen molar-refractivity contribution in [1.82, 2.24) is 4.90 Å². The highest BCUT2D eigenvalue weighted by Gasteiger charge is 2.30. The van der Waals surface area contributed by atoms with Crippen LogP contribution in [0.25, 0.3) is 0 Å². The minimum atomic E-state index is -3.62. The molecule has 0 saturated heterocycles. The molecule has 0 atom stereocenters. The lowest BCUT2D eigenvalue weighted by Gasteiger charge is -2.28. The molecule has 0 spiro atoms. The summed E-state index contributed by atoms with van der Waals surface area (Å²) in [7, 11) is -2.05. The topological polar surface area (TPSA) is 97.3 Å². The molecule has 2 aromatic carbocycles. The highest BCUT2D eigenvalue weighted by atomic mass is 35.5. The molecule has 0 saturated carbocycles. The smallest absolute Gasteiger partial charge is 0.259 e. The van der Waals surface area contributed by atoms with E-state index in [2.05, 4.69) is 9.71 Å². The first-order chi connectivity index (χ1) is 14.8. The standard InChI is InChI=1S/C21H18ClN3O5S/c1-29-15-5-7-16(8-6-15)30-19-9-4-14(22)13-18(19)23-21(26)17-3-2-10-25-11-12-31(27,28)24-20(17)25/h2-10,13H,11-12H2,1H3,(H,23,26). The van der Waals surface area contributed by atoms with Crippen LogP contribution in [-0.4, -0.2) is 44.5 Å². The zero-order chi connectivity index (χ0) is 22.0. The van der Waals surface area contributed by atoms with Crippen molar-refractivity contribution in [2.75, 3.05) is 24.7 Å². The quantitative estimate of drug-likeness (QED) is 0.734. The monoisotopic (exact) mass is 459 g/mol. The second-order valence-corrected chi connectivity index (χ2v) is 8.88. The molecule has 1 N–H and O–H groups in total. The van der Waals surface area contributed by atoms with Gasteiger partial charge in [0.15, 0.2) is 11.6 Å². The first-order valence-electron chi connectivity index (χ1n) is 9.25. The zero-order valence-electron chi connectivity index (χ0n) is 16.4. The molecule has 0 aliphatic carbocycles. The van der Waals surface area contributed by atoms with Crippen LogP contribution in [0.15, 0.2) is 70.8 Å². The third-order valence-electron chi connectivity index (χ3n) is 4.58. The highest BCUT2D eigenvalue weighted by molar-refractivity contribution is 7.90. The van der Waals surface area contributed by atoms with Crippen LogP contribution < -0.4 is 14.8 Å². The number of methoxy groups -OCH3 is 1. The number of amides is 1. The fourth-order valence-corrected chi connectivity index (χ4v) is 4.20. The third-order valence-corrected chi connectivity index (χ3v) is 5.96. The molecule has 160 valence electrons. The molecule has 2 aliphatic rings. The SMILES string of the molecule is COc1ccc(Oc2ccc(Cl)cc2NC(=O)C2=CC=CN3CCS(=O)(=O)N=C23)cc1. The van der Waals surface area contributed by atoms with Gasteiger partial charge in [0.1, 0.15) is 11.5 Å². The summed E-state index contributed by atoms with van der Waals surface area (Å²) in [4.78, 5) is 14.6. The maximum atomic E-state index is 13.0. The Morgan fingerprint density at radius 1 is 1.16 bits per heavy atom. The maximum absolute atomic E-state index is 13.0. The minimum absolute atomic E-state index is 0.0888. The Morgan fingerprint density at radius 2 is 1.90 bits per heavy atom. The number of halogens is 1. The van der Waals surface area contributed by atoms with Gasteiger partial charge in [-0.1, -0.05) is 11.6 Å². The first-order valence-corrected chi connectivity index (χ1v) is 11.2. The van der Waals surface area contributed by atoms with Gasteiger partial charge in [0.05, 0.1) is 24.1 Å². The predicted molar refractivity (Wildman–Crippen MR) is 118 cm³/mol. The third kappa shape index (κ3) is 4.73. The van der Waals surface area contributed by atoms with E-state index >= 15 is 0 Å². The molecular formula is C21H18ClN3O5S. The number of benzene rings is 2. The van der Waals surface area contributed by atoms with Crippen LogP contribution in [0.3, 0.4) is 0 Å². The van der Waals surface area contributed by atoms with Crippen molar-refractivity contribution in [1.29, 1.82) is 0 Å². The summed E-state index contributed by atoms with van der Waals surface area (Å²) >= 11 is 6.12. The van der Waals surface area contributed by atoms with Gasteiger partial charge in [0.25, 0.3) is 15.9 Å². The Hall–Kier alpha value is -3.30. The van der Waals surface area contributed by atoms with Crippen LogP contribution in [0.5, 0.6) is 17.2 Å². The molecule has 2 heterocycles. The number of rotatable bonds is 5. The Morgan fingerprint density at radius 3 is 2.65 bits per heavy atom. The second kappa shape index (κ2) is 8.44. The van der Waals surface area contributed by atoms with E-state index in [4.69, 9.17) is 21.1 Å². The number of fused-ring (bicyclic) bond motifs is 1. The van der Waals surface area contributed by atoms with Crippen molar-refractivity contribution in [2.24, 2.45) is 4.40 Å². The van der Waals surface area contributed by atoms with Crippen molar-refractivity contribution in [3.8, 4) is 17.2 Å². The van der Waals surface area contributed by atoms with Gasteiger partial charge in [-0.15, -0.1) is 4.40 Å². The van der Waals surface area contributed by atoms with E-state index in [9.17, 15) is 13.2 Å². The molecule has 4 rings (SSSR count). The Labute approximate surface area is 184 Å². The van der Waals surface area contributed by atoms with Crippen molar-refractivity contribution in [2.45, 2.75) is 0 Å². The summed E-state index contributed by atoms with van der Waals surface area (Å²) in [5, 5.41) is 3.14. The largest absolute Gasteiger partial charge is 0.497 e. The maximum Gasteiger partial charge on any atom is 0.259 e. The normalized spacial score (nSPS) is 16.6. The van der Waals surface area contributed by atoms with Gasteiger partial charge in [-0.05, 0) is 54.6 Å². The van der Waals surface area contributed by atoms with E-state index in [0.29, 0.717) is 28.0 Å². The van der Waals surface area contributed by atoms with E-state index in [1.165, 1.54) is 6.08 Å². The van der Waals surface area contributed by atoms with Crippen molar-refractivity contribution < 1.29 is 22.7 Å². The van der Waals surface area contributed by atoms with Crippen LogP contribution in [0.1, 0.15) is 0 Å². The number of anilines is 1. The molecule has 0 unspecified atom stereocenters. The Bertz CT molecular complexity index is 1220. The van der Waals surface area contributed by atoms with Crippen molar-refractivity contribution in [3.05, 3.63) is 71.4 Å². The number of sulfonamides is 1. The number of nitrogens with one attached hydrogen (secondary N) is 1. The number of carbonyl (C=O) groups is 1. The van der Waals surface area contributed by atoms with E-state index in [1.807, 2.05) is 0 Å². The van der Waals surface area contributed by atoms with E-state index in [1.54, 1.807) is 66.8 Å². The molecule has 1 amide bonds. The number of hydrogen-bond acceptors (Lipinski definition) is 6. The summed E-state index contributed by atoms with van der Waals surface area (Å²) < 4.78 is 38.7. The predicted octanol–water partition coefficient (Wildman–Crippen LogP) is 3.58. The molecule has 0 bridgehead atoms. The van der Waals surface area contributed by atoms with Crippen LogP contribution >= 0.6 is 11.6 Å². The van der Waals surface area contributed by atoms with Gasteiger partial charge >= 0.3 is 0 Å². The van der Waals surface area contributed by atoms with Crippen molar-refractivity contribution in [3.63, 3.8) is 0 Å². The molecular weight excluding hydrogens is 442 g/mol. The summed E-state index contributed by atoms with van der Waals surface area (Å²) in [6.45, 7) is 0.227. The number of amidine groups is 1. The molecule has 8 nitrogen and oxygen atoms in total. The van der Waals surface area contributed by atoms with Gasteiger partial charge in [-0.3, -0.25) is 4.79 Å². The van der Waals surface area contributed by atoms with Crippen LogP contribution in [0.4, 0.5) is 5.69 Å². The average molecular weight is 460 g/mol. The fraction of sp³-hybridized carbons (Fsp3) is 0.143. The van der Waals surface area contributed by atoms with Gasteiger partial charge < -0.3 is 19.7 Å². The lowest BCUT2D eigenvalue weighted by molar-refractivity contribution is -0.112. The molecule has 31 heavy (non-hydrogen) atoms. The fourth-order valence-electron chi connectivity index (χ4n) is 3.04. The number of allylic oxidation sites excluding steroid dienone is 2. The summed E-state index contributed by atoms with van der Waals surface area (Å²) in [5.41, 5.74) is 0.454. The number of hydrogen-bond donors (Lipinski definition) is 1. The second-order valence-electron chi connectivity index (χ2n) is 6.69. The molecule has 0 radical (unpaired) electrons. The van der Waals surface area contributed by atoms with Gasteiger partial charge in [-0.25, -0.2) is 8.42 Å². The summed E-state index contributed by atoms with van der Waals surface area (Å²) in [5.74, 6) is 1.03. The highest BCUT2D eigenvalue weighted by Crippen LogP contribution is 2.33. The lowest BCUT2D eigenvalue weighted by Crippen LogP contribution is -2.40. The van der Waals surface area contributed by atoms with Gasteiger partial charge in [0.2, 0.25) is 0 Å². The Balaban J connectivity index is 1.60. The Kier molecular flexibility index (Phi) is 5.71. The molecule has 0 aromatic heterocycles. The number of ether oxygens (including phenoxy) is 2. The minimum Gasteiger partial charge on any atom is -0.497 e.